The van der Waals surface area contributed by atoms with E-state index < -0.39 is 11.6 Å². The van der Waals surface area contributed by atoms with Crippen molar-refractivity contribution in [1.29, 1.82) is 0 Å². The van der Waals surface area contributed by atoms with E-state index in [9.17, 15) is 9.59 Å². The van der Waals surface area contributed by atoms with Gasteiger partial charge in [-0.3, -0.25) is 0 Å². The molecule has 0 unspecified atom stereocenters. The summed E-state index contributed by atoms with van der Waals surface area (Å²) in [6.07, 6.45) is 11.0. The predicted octanol–water partition coefficient (Wildman–Crippen LogP) is 4.34. The highest BCUT2D eigenvalue weighted by atomic mass is 32.2. The summed E-state index contributed by atoms with van der Waals surface area (Å²) >= 11 is 0. The molecule has 3 heterocycles. The summed E-state index contributed by atoms with van der Waals surface area (Å²) in [5.74, 6) is 4.49. The molecule has 0 radical (unpaired) electrons. The molecule has 10 heteroatoms. The molecular formula is C26H36N4O5S. The number of ether oxygens (including phenoxy) is 3. The Morgan fingerprint density at radius 3 is 2.72 bits per heavy atom. The second-order valence-corrected chi connectivity index (χ2v) is 11.5. The standard InChI is InChI=1S/C26H36N4O5S/c1-7-34-22(31)9-8-20-16-27-24-23(28-20)21(17-30(24)18-33-14-15-36(5)6)19-10-12-29(13-11-19)25(32)35-26(2,3)4/h8-10,16-17H,5,7,11-15,18H2,1-4,6H3/b9-8+/t36-/m0/s1. The molecule has 1 atom stereocenters. The molecule has 0 N–H and O–H groups in total. The number of carbonyl (C=O) groups excluding carboxylic acids is 2. The third-order valence-electron chi connectivity index (χ3n) is 5.27. The number of amides is 1. The molecule has 2 aromatic heterocycles. The van der Waals surface area contributed by atoms with Crippen molar-refractivity contribution in [1.82, 2.24) is 19.4 Å². The number of carbonyl (C=O) groups is 2. The van der Waals surface area contributed by atoms with E-state index >= 15 is 0 Å². The summed E-state index contributed by atoms with van der Waals surface area (Å²) in [6, 6.07) is 0. The lowest BCUT2D eigenvalue weighted by atomic mass is 10.0. The summed E-state index contributed by atoms with van der Waals surface area (Å²) in [6.45, 7) is 9.59. The fourth-order valence-corrected chi connectivity index (χ4v) is 4.00. The minimum atomic E-state index is -0.538. The van der Waals surface area contributed by atoms with Crippen LogP contribution in [0.3, 0.4) is 0 Å². The Labute approximate surface area is 215 Å². The van der Waals surface area contributed by atoms with Gasteiger partial charge in [0.05, 0.1) is 25.1 Å². The molecule has 1 amide bonds. The van der Waals surface area contributed by atoms with E-state index in [1.165, 1.54) is 6.08 Å². The van der Waals surface area contributed by atoms with Crippen LogP contribution in [0.25, 0.3) is 22.8 Å². The van der Waals surface area contributed by atoms with Gasteiger partial charge in [0.2, 0.25) is 0 Å². The van der Waals surface area contributed by atoms with E-state index in [-0.39, 0.29) is 16.6 Å². The zero-order valence-electron chi connectivity index (χ0n) is 21.8. The van der Waals surface area contributed by atoms with Crippen molar-refractivity contribution in [2.75, 3.05) is 38.3 Å². The Hall–Kier alpha value is -2.98. The first-order chi connectivity index (χ1) is 17.1. The Morgan fingerprint density at radius 1 is 1.31 bits per heavy atom. The van der Waals surface area contributed by atoms with Gasteiger partial charge in [-0.2, -0.15) is 10.5 Å². The molecule has 0 aliphatic carbocycles. The van der Waals surface area contributed by atoms with Gasteiger partial charge in [-0.1, -0.05) is 11.9 Å². The highest BCUT2D eigenvalue weighted by Crippen LogP contribution is 2.30. The second-order valence-electron chi connectivity index (χ2n) is 9.49. The smallest absolute Gasteiger partial charge is 0.410 e. The van der Waals surface area contributed by atoms with Crippen LogP contribution in [0, 0.1) is 0 Å². The zero-order valence-corrected chi connectivity index (χ0v) is 22.6. The average Bonchev–Trinajstić information content (AvgIpc) is 3.17. The van der Waals surface area contributed by atoms with Crippen molar-refractivity contribution in [2.24, 2.45) is 0 Å². The predicted molar refractivity (Wildman–Crippen MR) is 145 cm³/mol. The van der Waals surface area contributed by atoms with E-state index in [0.717, 1.165) is 16.9 Å². The van der Waals surface area contributed by atoms with Gasteiger partial charge in [0.1, 0.15) is 17.8 Å². The SMILES string of the molecule is C=[S@@](C)CCOCn1cc(C2=CCN(C(=O)OC(C)(C)C)CC2)c2nc(/C=C/C(=O)OCC)cnc21. The molecule has 0 saturated heterocycles. The van der Waals surface area contributed by atoms with Crippen molar-refractivity contribution in [3.05, 3.63) is 35.8 Å². The molecule has 0 bridgehead atoms. The Morgan fingerprint density at radius 2 is 2.08 bits per heavy atom. The van der Waals surface area contributed by atoms with Gasteiger partial charge in [0.25, 0.3) is 0 Å². The third kappa shape index (κ3) is 7.76. The minimum Gasteiger partial charge on any atom is -0.463 e. The Kier molecular flexibility index (Phi) is 9.44. The molecule has 0 spiro atoms. The van der Waals surface area contributed by atoms with Gasteiger partial charge in [-0.05, 0) is 52.0 Å². The topological polar surface area (TPSA) is 95.8 Å². The largest absolute Gasteiger partial charge is 0.463 e. The summed E-state index contributed by atoms with van der Waals surface area (Å²) in [4.78, 5) is 35.3. The summed E-state index contributed by atoms with van der Waals surface area (Å²) in [7, 11) is 0.0665. The minimum absolute atomic E-state index is 0.0665. The molecular weight excluding hydrogens is 480 g/mol. The average molecular weight is 517 g/mol. The highest BCUT2D eigenvalue weighted by molar-refractivity contribution is 8.13. The zero-order chi connectivity index (χ0) is 26.3. The number of fused-ring (bicyclic) bond motifs is 1. The van der Waals surface area contributed by atoms with E-state index in [1.807, 2.05) is 37.6 Å². The third-order valence-corrected chi connectivity index (χ3v) is 6.14. The lowest BCUT2D eigenvalue weighted by Crippen LogP contribution is -2.39. The molecule has 1 aliphatic rings. The first-order valence-corrected chi connectivity index (χ1v) is 13.9. The van der Waals surface area contributed by atoms with Gasteiger partial charge in [0.15, 0.2) is 5.65 Å². The van der Waals surface area contributed by atoms with Crippen LogP contribution < -0.4 is 0 Å². The van der Waals surface area contributed by atoms with Crippen LogP contribution in [-0.2, 0) is 25.7 Å². The second kappa shape index (κ2) is 12.3. The lowest BCUT2D eigenvalue weighted by molar-refractivity contribution is -0.137. The van der Waals surface area contributed by atoms with Crippen molar-refractivity contribution in [3.8, 4) is 0 Å². The molecule has 3 rings (SSSR count). The maximum Gasteiger partial charge on any atom is 0.410 e. The van der Waals surface area contributed by atoms with Crippen LogP contribution in [0.2, 0.25) is 0 Å². The Balaban J connectivity index is 1.88. The maximum absolute atomic E-state index is 12.5. The number of esters is 1. The van der Waals surface area contributed by atoms with Crippen molar-refractivity contribution >= 4 is 51.2 Å². The first-order valence-electron chi connectivity index (χ1n) is 12.0. The van der Waals surface area contributed by atoms with Crippen molar-refractivity contribution < 1.29 is 23.8 Å². The van der Waals surface area contributed by atoms with Gasteiger partial charge in [-0.15, -0.1) is 0 Å². The van der Waals surface area contributed by atoms with E-state index in [1.54, 1.807) is 24.1 Å². The van der Waals surface area contributed by atoms with Crippen LogP contribution in [0.1, 0.15) is 45.4 Å². The fraction of sp³-hybridized carbons (Fsp3) is 0.500. The van der Waals surface area contributed by atoms with Crippen molar-refractivity contribution in [3.63, 3.8) is 0 Å². The van der Waals surface area contributed by atoms with Gasteiger partial charge in [0, 0.05) is 36.7 Å². The van der Waals surface area contributed by atoms with E-state index in [0.29, 0.717) is 56.3 Å². The van der Waals surface area contributed by atoms with Crippen LogP contribution in [-0.4, -0.2) is 81.3 Å². The monoisotopic (exact) mass is 516 g/mol. The number of rotatable bonds is 9. The molecule has 2 aromatic rings. The first kappa shape index (κ1) is 27.6. The van der Waals surface area contributed by atoms with Crippen molar-refractivity contribution in [2.45, 2.75) is 46.4 Å². The van der Waals surface area contributed by atoms with Crippen LogP contribution in [0.4, 0.5) is 4.79 Å². The highest BCUT2D eigenvalue weighted by Gasteiger charge is 2.25. The Bertz CT molecular complexity index is 1180. The van der Waals surface area contributed by atoms with E-state index in [2.05, 4.69) is 17.1 Å². The van der Waals surface area contributed by atoms with Gasteiger partial charge in [-0.25, -0.2) is 19.6 Å². The van der Waals surface area contributed by atoms with Crippen LogP contribution >= 0.6 is 10.5 Å². The van der Waals surface area contributed by atoms with Gasteiger partial charge < -0.3 is 23.7 Å². The lowest BCUT2D eigenvalue weighted by Gasteiger charge is -2.29. The molecule has 36 heavy (non-hydrogen) atoms. The molecule has 0 saturated carbocycles. The molecule has 0 aromatic carbocycles. The fourth-order valence-electron chi connectivity index (χ4n) is 3.59. The number of hydrogen-bond donors (Lipinski definition) is 0. The molecule has 196 valence electrons. The number of nitrogens with zero attached hydrogens (tertiary/aromatic N) is 4. The molecule has 1 aliphatic heterocycles. The summed E-state index contributed by atoms with van der Waals surface area (Å²) < 4.78 is 18.3. The van der Waals surface area contributed by atoms with Crippen LogP contribution in [0.15, 0.2) is 24.5 Å². The maximum atomic E-state index is 12.5. The normalized spacial score (nSPS) is 15.2. The summed E-state index contributed by atoms with van der Waals surface area (Å²) in [5.41, 5.74) is 3.43. The molecule has 9 nitrogen and oxygen atoms in total. The summed E-state index contributed by atoms with van der Waals surface area (Å²) in [5, 5.41) is 0. The quantitative estimate of drug-likeness (QED) is 0.212. The van der Waals surface area contributed by atoms with E-state index in [4.69, 9.17) is 19.2 Å². The number of aromatic nitrogens is 3. The van der Waals surface area contributed by atoms with Crippen LogP contribution in [0.5, 0.6) is 0 Å². The van der Waals surface area contributed by atoms with Gasteiger partial charge >= 0.3 is 12.1 Å². The number of hydrogen-bond acceptors (Lipinski definition) is 7. The molecule has 0 fully saturated rings.